The molecule has 10 heteroatoms. The van der Waals surface area contributed by atoms with Crippen molar-refractivity contribution < 1.29 is 35.9 Å². The number of amides is 2. The molecular formula is C11H8F6N2O2. The molecule has 1 rings (SSSR count). The molecule has 0 unspecified atom stereocenters. The minimum absolute atomic E-state index is 0.0884. The number of benzene rings is 1. The van der Waals surface area contributed by atoms with E-state index >= 15 is 0 Å². The van der Waals surface area contributed by atoms with Gasteiger partial charge in [0, 0.05) is 12.6 Å². The topological polar surface area (TPSA) is 58.2 Å². The second kappa shape index (κ2) is 5.62. The van der Waals surface area contributed by atoms with Crippen molar-refractivity contribution >= 4 is 23.2 Å². The second-order valence-electron chi connectivity index (χ2n) is 3.90. The van der Waals surface area contributed by atoms with E-state index in [1.165, 1.54) is 0 Å². The summed E-state index contributed by atoms with van der Waals surface area (Å²) in [5.74, 6) is -10.2. The standard InChI is InChI=1S/C11H8F6N2O2/c1-5(20)18-6-2-3-7(12)8(4-6)19-9(21)10(13,14)11(15,16)17/h2-4H,1H3,(H,18,20)(H,19,21). The molecule has 1 aromatic carbocycles. The monoisotopic (exact) mass is 314 g/mol. The average Bonchev–Trinajstić information content (AvgIpc) is 2.31. The van der Waals surface area contributed by atoms with Crippen molar-refractivity contribution in [2.45, 2.75) is 19.0 Å². The molecule has 0 bridgehead atoms. The zero-order valence-electron chi connectivity index (χ0n) is 10.3. The van der Waals surface area contributed by atoms with Gasteiger partial charge in [-0.1, -0.05) is 0 Å². The molecule has 4 nitrogen and oxygen atoms in total. The van der Waals surface area contributed by atoms with Gasteiger partial charge in [-0.2, -0.15) is 22.0 Å². The fourth-order valence-electron chi connectivity index (χ4n) is 1.23. The molecule has 1 aromatic rings. The summed E-state index contributed by atoms with van der Waals surface area (Å²) in [4.78, 5) is 21.7. The fraction of sp³-hybridized carbons (Fsp3) is 0.273. The Hall–Kier alpha value is -2.26. The largest absolute Gasteiger partial charge is 0.463 e. The van der Waals surface area contributed by atoms with Gasteiger partial charge in [0.25, 0.3) is 0 Å². The Kier molecular flexibility index (Phi) is 4.49. The van der Waals surface area contributed by atoms with Gasteiger partial charge < -0.3 is 10.6 Å². The highest BCUT2D eigenvalue weighted by Crippen LogP contribution is 2.36. The van der Waals surface area contributed by atoms with Gasteiger partial charge >= 0.3 is 18.0 Å². The molecule has 0 heterocycles. The lowest BCUT2D eigenvalue weighted by molar-refractivity contribution is -0.267. The maximum Gasteiger partial charge on any atom is 0.463 e. The quantitative estimate of drug-likeness (QED) is 0.843. The van der Waals surface area contributed by atoms with E-state index in [1.54, 1.807) is 0 Å². The van der Waals surface area contributed by atoms with Gasteiger partial charge in [-0.15, -0.1) is 0 Å². The lowest BCUT2D eigenvalue weighted by atomic mass is 10.2. The van der Waals surface area contributed by atoms with Gasteiger partial charge in [-0.25, -0.2) is 4.39 Å². The predicted octanol–water partition coefficient (Wildman–Crippen LogP) is 2.92. The molecule has 0 fully saturated rings. The minimum Gasteiger partial charge on any atom is -0.326 e. The summed E-state index contributed by atoms with van der Waals surface area (Å²) in [7, 11) is 0. The van der Waals surface area contributed by atoms with Crippen LogP contribution in [0, 0.1) is 5.82 Å². The third-order valence-electron chi connectivity index (χ3n) is 2.18. The van der Waals surface area contributed by atoms with Crippen molar-refractivity contribution in [1.82, 2.24) is 0 Å². The third-order valence-corrected chi connectivity index (χ3v) is 2.18. The first-order valence-corrected chi connectivity index (χ1v) is 5.28. The fourth-order valence-corrected chi connectivity index (χ4v) is 1.23. The number of carbonyl (C=O) groups is 2. The van der Waals surface area contributed by atoms with Crippen LogP contribution in [0.25, 0.3) is 0 Å². The summed E-state index contributed by atoms with van der Waals surface area (Å²) >= 11 is 0. The minimum atomic E-state index is -6.11. The Labute approximate surface area is 114 Å². The molecule has 0 aliphatic rings. The lowest BCUT2D eigenvalue weighted by Crippen LogP contribution is -2.47. The molecule has 0 radical (unpaired) electrons. The third kappa shape index (κ3) is 3.86. The molecule has 0 aromatic heterocycles. The molecule has 0 spiro atoms. The molecule has 0 aliphatic carbocycles. The maximum atomic E-state index is 13.3. The molecule has 21 heavy (non-hydrogen) atoms. The number of alkyl halides is 5. The highest BCUT2D eigenvalue weighted by molar-refractivity contribution is 5.97. The first kappa shape index (κ1) is 16.8. The predicted molar refractivity (Wildman–Crippen MR) is 60.3 cm³/mol. The Morgan fingerprint density at radius 2 is 1.62 bits per heavy atom. The summed E-state index contributed by atoms with van der Waals surface area (Å²) in [5, 5.41) is 3.28. The Balaban J connectivity index is 3.02. The van der Waals surface area contributed by atoms with E-state index in [4.69, 9.17) is 0 Å². The van der Waals surface area contributed by atoms with Crippen LogP contribution in [-0.2, 0) is 9.59 Å². The second-order valence-corrected chi connectivity index (χ2v) is 3.90. The van der Waals surface area contributed by atoms with Crippen LogP contribution in [0.5, 0.6) is 0 Å². The van der Waals surface area contributed by atoms with Gasteiger partial charge in [0.15, 0.2) is 0 Å². The van der Waals surface area contributed by atoms with Gasteiger partial charge in [0.2, 0.25) is 5.91 Å². The molecule has 0 saturated carbocycles. The summed E-state index contributed by atoms with van der Waals surface area (Å²) in [6.45, 7) is 1.10. The maximum absolute atomic E-state index is 13.3. The molecule has 116 valence electrons. The van der Waals surface area contributed by atoms with Crippen LogP contribution in [0.3, 0.4) is 0 Å². The smallest absolute Gasteiger partial charge is 0.326 e. The van der Waals surface area contributed by atoms with Crippen molar-refractivity contribution in [1.29, 1.82) is 0 Å². The number of anilines is 2. The molecule has 0 aliphatic heterocycles. The van der Waals surface area contributed by atoms with Crippen molar-refractivity contribution in [2.75, 3.05) is 10.6 Å². The number of rotatable bonds is 3. The van der Waals surface area contributed by atoms with Gasteiger partial charge in [0.05, 0.1) is 5.69 Å². The SMILES string of the molecule is CC(=O)Nc1ccc(F)c(NC(=O)C(F)(F)C(F)(F)F)c1. The van der Waals surface area contributed by atoms with Crippen LogP contribution in [0.15, 0.2) is 18.2 Å². The Bertz CT molecular complexity index is 570. The Morgan fingerprint density at radius 3 is 2.10 bits per heavy atom. The van der Waals surface area contributed by atoms with Gasteiger partial charge in [0.1, 0.15) is 5.82 Å². The van der Waals surface area contributed by atoms with E-state index in [9.17, 15) is 35.9 Å². The molecule has 2 N–H and O–H groups in total. The van der Waals surface area contributed by atoms with Crippen molar-refractivity contribution in [2.24, 2.45) is 0 Å². The van der Waals surface area contributed by atoms with E-state index in [0.717, 1.165) is 18.3 Å². The molecule has 2 amide bonds. The number of hydrogen-bond acceptors (Lipinski definition) is 2. The first-order chi connectivity index (χ1) is 9.45. The average molecular weight is 314 g/mol. The van der Waals surface area contributed by atoms with Gasteiger partial charge in [-0.3, -0.25) is 9.59 Å². The van der Waals surface area contributed by atoms with Crippen LogP contribution in [-0.4, -0.2) is 23.9 Å². The number of carbonyl (C=O) groups excluding carboxylic acids is 2. The van der Waals surface area contributed by atoms with E-state index in [-0.39, 0.29) is 5.69 Å². The van der Waals surface area contributed by atoms with Crippen molar-refractivity contribution in [3.05, 3.63) is 24.0 Å². The summed E-state index contributed by atoms with van der Waals surface area (Å²) < 4.78 is 74.7. The zero-order valence-corrected chi connectivity index (χ0v) is 10.3. The molecular weight excluding hydrogens is 306 g/mol. The highest BCUT2D eigenvalue weighted by Gasteiger charge is 2.63. The van der Waals surface area contributed by atoms with Crippen LogP contribution in [0.2, 0.25) is 0 Å². The van der Waals surface area contributed by atoms with Gasteiger partial charge in [-0.05, 0) is 18.2 Å². The summed E-state index contributed by atoms with van der Waals surface area (Å²) in [6, 6.07) is 2.43. The highest BCUT2D eigenvalue weighted by atomic mass is 19.4. The number of hydrogen-bond donors (Lipinski definition) is 2. The van der Waals surface area contributed by atoms with E-state index < -0.39 is 35.4 Å². The zero-order chi connectivity index (χ0) is 16.4. The number of halogens is 6. The van der Waals surface area contributed by atoms with E-state index in [2.05, 4.69) is 5.32 Å². The van der Waals surface area contributed by atoms with Crippen LogP contribution < -0.4 is 10.6 Å². The number of nitrogens with one attached hydrogen (secondary N) is 2. The summed E-state index contributed by atoms with van der Waals surface area (Å²) in [5.41, 5.74) is -1.01. The van der Waals surface area contributed by atoms with E-state index in [1.807, 2.05) is 0 Å². The van der Waals surface area contributed by atoms with Crippen molar-refractivity contribution in [3.8, 4) is 0 Å². The normalized spacial score (nSPS) is 12.0. The van der Waals surface area contributed by atoms with Crippen LogP contribution >= 0.6 is 0 Å². The molecule has 0 saturated heterocycles. The van der Waals surface area contributed by atoms with Crippen molar-refractivity contribution in [3.63, 3.8) is 0 Å². The van der Waals surface area contributed by atoms with E-state index in [0.29, 0.717) is 12.1 Å². The molecule has 0 atom stereocenters. The van der Waals surface area contributed by atoms with Crippen LogP contribution in [0.4, 0.5) is 37.7 Å². The lowest BCUT2D eigenvalue weighted by Gasteiger charge is -2.19. The Morgan fingerprint density at radius 1 is 1.05 bits per heavy atom. The summed E-state index contributed by atoms with van der Waals surface area (Å²) in [6.07, 6.45) is -6.11. The first-order valence-electron chi connectivity index (χ1n) is 5.28. The van der Waals surface area contributed by atoms with Crippen LogP contribution in [0.1, 0.15) is 6.92 Å².